The average molecular weight is 443 g/mol. The van der Waals surface area contributed by atoms with E-state index in [2.05, 4.69) is 0 Å². The van der Waals surface area contributed by atoms with E-state index >= 15 is 0 Å². The van der Waals surface area contributed by atoms with Crippen molar-refractivity contribution in [2.24, 2.45) is 5.92 Å². The van der Waals surface area contributed by atoms with Crippen molar-refractivity contribution >= 4 is 34.9 Å². The van der Waals surface area contributed by atoms with Gasteiger partial charge in [0.15, 0.2) is 0 Å². The summed E-state index contributed by atoms with van der Waals surface area (Å²) in [6, 6.07) is 14.1. The lowest BCUT2D eigenvalue weighted by atomic mass is 9.77. The maximum absolute atomic E-state index is 13.3. The van der Waals surface area contributed by atoms with Crippen molar-refractivity contribution in [1.82, 2.24) is 0 Å². The second-order valence-electron chi connectivity index (χ2n) is 7.38. The van der Waals surface area contributed by atoms with Gasteiger partial charge in [-0.15, -0.1) is 0 Å². The number of nitrogens with zero attached hydrogens (tertiary/aromatic N) is 2. The van der Waals surface area contributed by atoms with Crippen molar-refractivity contribution in [3.63, 3.8) is 0 Å². The van der Waals surface area contributed by atoms with Crippen molar-refractivity contribution in [3.05, 3.63) is 80.4 Å². The molecule has 0 radical (unpaired) electrons. The lowest BCUT2D eigenvalue weighted by Crippen LogP contribution is -2.33. The number of amides is 2. The highest BCUT2D eigenvalue weighted by Crippen LogP contribution is 2.44. The highest BCUT2D eigenvalue weighted by atomic mass is 35.5. The summed E-state index contributed by atoms with van der Waals surface area (Å²) in [5, 5.41) is 11.9. The summed E-state index contributed by atoms with van der Waals surface area (Å²) in [7, 11) is 1.21. The number of benzene rings is 2. The van der Waals surface area contributed by atoms with Crippen molar-refractivity contribution in [3.8, 4) is 0 Å². The number of carbonyl (C=O) groups excluding carboxylic acids is 2. The first-order valence-corrected chi connectivity index (χ1v) is 10.3. The van der Waals surface area contributed by atoms with E-state index in [9.17, 15) is 19.7 Å². The van der Waals surface area contributed by atoms with Gasteiger partial charge in [0.1, 0.15) is 0 Å². The molecule has 1 aliphatic rings. The van der Waals surface area contributed by atoms with Gasteiger partial charge in [0, 0.05) is 21.1 Å². The summed E-state index contributed by atoms with van der Waals surface area (Å²) in [6.45, 7) is 3.45. The van der Waals surface area contributed by atoms with Crippen LogP contribution in [-0.4, -0.2) is 30.6 Å². The first-order valence-electron chi connectivity index (χ1n) is 9.89. The molecule has 2 amide bonds. The number of rotatable bonds is 6. The fourth-order valence-electron chi connectivity index (χ4n) is 4.30. The largest absolute Gasteiger partial charge is 0.452 e. The molecule has 0 N–H and O–H groups in total. The van der Waals surface area contributed by atoms with Crippen LogP contribution in [0.3, 0.4) is 0 Å². The number of halogens is 1. The molecule has 162 valence electrons. The van der Waals surface area contributed by atoms with Gasteiger partial charge in [-0.2, -0.15) is 0 Å². The molecule has 0 unspecified atom stereocenters. The number of allylic oxidation sites excluding steroid dienone is 1. The summed E-state index contributed by atoms with van der Waals surface area (Å²) in [5.74, 6) is -1.25. The van der Waals surface area contributed by atoms with Gasteiger partial charge in [0.2, 0.25) is 6.54 Å². The first-order chi connectivity index (χ1) is 14.8. The van der Waals surface area contributed by atoms with Crippen LogP contribution in [0, 0.1) is 16.0 Å². The Morgan fingerprint density at radius 2 is 1.90 bits per heavy atom. The third kappa shape index (κ3) is 4.32. The van der Waals surface area contributed by atoms with Gasteiger partial charge in [-0.1, -0.05) is 54.4 Å². The van der Waals surface area contributed by atoms with Crippen LogP contribution in [0.5, 0.6) is 0 Å². The van der Waals surface area contributed by atoms with Gasteiger partial charge in [-0.05, 0) is 43.0 Å². The maximum Gasteiger partial charge on any atom is 0.421 e. The predicted octanol–water partition coefficient (Wildman–Crippen LogP) is 5.31. The molecule has 1 aliphatic heterocycles. The van der Waals surface area contributed by atoms with Crippen molar-refractivity contribution in [1.29, 1.82) is 0 Å². The van der Waals surface area contributed by atoms with Crippen LogP contribution in [0.1, 0.15) is 37.3 Å². The topological polar surface area (TPSA) is 89.8 Å². The fourth-order valence-corrected chi connectivity index (χ4v) is 4.47. The van der Waals surface area contributed by atoms with Crippen LogP contribution in [-0.2, 0) is 9.53 Å². The number of carbonyl (C=O) groups is 2. The van der Waals surface area contributed by atoms with Crippen LogP contribution >= 0.6 is 11.6 Å². The molecule has 7 nitrogen and oxygen atoms in total. The minimum absolute atomic E-state index is 0.273. The zero-order valence-corrected chi connectivity index (χ0v) is 18.3. The van der Waals surface area contributed by atoms with Gasteiger partial charge in [0.05, 0.1) is 18.7 Å². The fraction of sp³-hybridized carbons (Fsp3) is 0.304. The second kappa shape index (κ2) is 9.31. The van der Waals surface area contributed by atoms with E-state index in [1.54, 1.807) is 25.1 Å². The minimum atomic E-state index is -0.797. The number of hydrogen-bond donors (Lipinski definition) is 0. The molecule has 2 atom stereocenters. The lowest BCUT2D eigenvalue weighted by Gasteiger charge is -2.26. The molecule has 1 heterocycles. The van der Waals surface area contributed by atoms with Crippen LogP contribution in [0.2, 0.25) is 5.02 Å². The highest BCUT2D eigenvalue weighted by molar-refractivity contribution is 6.40. The summed E-state index contributed by atoms with van der Waals surface area (Å²) < 4.78 is 4.80. The number of methoxy groups -OCH3 is 1. The van der Waals surface area contributed by atoms with E-state index in [4.69, 9.17) is 16.3 Å². The number of fused-ring (bicyclic) bond motifs is 1. The Labute approximate surface area is 185 Å². The average Bonchev–Trinajstić information content (AvgIpc) is 3.04. The zero-order valence-electron chi connectivity index (χ0n) is 17.5. The molecular formula is C23H23ClN2O5. The molecule has 0 aromatic heterocycles. The zero-order chi connectivity index (χ0) is 22.7. The SMILES string of the molecule is CC[C@@H](/C(C)=C1\C(=O)N(C(=O)OC)c2ccc(Cl)cc21)[C@@H](C[N+](=O)[O-])c1ccccc1. The normalized spacial score (nSPS) is 16.5. The molecule has 0 aliphatic carbocycles. The molecule has 3 rings (SSSR count). The van der Waals surface area contributed by atoms with E-state index in [-0.39, 0.29) is 17.4 Å². The molecule has 31 heavy (non-hydrogen) atoms. The molecule has 2 aromatic carbocycles. The molecule has 2 aromatic rings. The Hall–Kier alpha value is -3.19. The summed E-state index contributed by atoms with van der Waals surface area (Å²) in [5.41, 5.74) is 2.74. The molecular weight excluding hydrogens is 420 g/mol. The monoisotopic (exact) mass is 442 g/mol. The van der Waals surface area contributed by atoms with E-state index < -0.39 is 17.9 Å². The Morgan fingerprint density at radius 3 is 2.48 bits per heavy atom. The number of anilines is 1. The van der Waals surface area contributed by atoms with Crippen LogP contribution in [0.15, 0.2) is 54.1 Å². The third-order valence-corrected chi connectivity index (χ3v) is 5.93. The van der Waals surface area contributed by atoms with Crippen LogP contribution in [0.4, 0.5) is 10.5 Å². The summed E-state index contributed by atoms with van der Waals surface area (Å²) >= 11 is 6.19. The van der Waals surface area contributed by atoms with E-state index in [0.717, 1.165) is 10.5 Å². The maximum atomic E-state index is 13.3. The molecule has 8 heteroatoms. The van der Waals surface area contributed by atoms with Gasteiger partial charge in [0.25, 0.3) is 5.91 Å². The minimum Gasteiger partial charge on any atom is -0.452 e. The van der Waals surface area contributed by atoms with Gasteiger partial charge >= 0.3 is 6.09 Å². The Balaban J connectivity index is 2.18. The molecule has 0 saturated carbocycles. The highest BCUT2D eigenvalue weighted by Gasteiger charge is 2.41. The smallest absolute Gasteiger partial charge is 0.421 e. The number of nitro groups is 1. The molecule has 0 saturated heterocycles. The number of imide groups is 1. The molecule has 0 bridgehead atoms. The first kappa shape index (κ1) is 22.5. The molecule has 0 spiro atoms. The lowest BCUT2D eigenvalue weighted by molar-refractivity contribution is -0.484. The van der Waals surface area contributed by atoms with Gasteiger partial charge < -0.3 is 4.74 Å². The van der Waals surface area contributed by atoms with E-state index in [1.165, 1.54) is 7.11 Å². The summed E-state index contributed by atoms with van der Waals surface area (Å²) in [4.78, 5) is 37.7. The third-order valence-electron chi connectivity index (χ3n) is 5.69. The van der Waals surface area contributed by atoms with E-state index in [1.807, 2.05) is 37.3 Å². The second-order valence-corrected chi connectivity index (χ2v) is 7.81. The van der Waals surface area contributed by atoms with Crippen LogP contribution in [0.25, 0.3) is 5.57 Å². The van der Waals surface area contributed by atoms with Crippen LogP contribution < -0.4 is 4.90 Å². The molecule has 0 fully saturated rings. The number of ether oxygens (including phenoxy) is 1. The van der Waals surface area contributed by atoms with Crippen molar-refractivity contribution < 1.29 is 19.2 Å². The Kier molecular flexibility index (Phi) is 6.75. The van der Waals surface area contributed by atoms with Crippen molar-refractivity contribution in [2.45, 2.75) is 26.2 Å². The summed E-state index contributed by atoms with van der Waals surface area (Å²) in [6.07, 6.45) is -0.223. The van der Waals surface area contributed by atoms with Gasteiger partial charge in [-0.25, -0.2) is 9.69 Å². The van der Waals surface area contributed by atoms with Crippen molar-refractivity contribution in [2.75, 3.05) is 18.6 Å². The standard InChI is InChI=1S/C23H23ClN2O5/c1-4-17(19(13-25(29)30)15-8-6-5-7-9-15)14(2)21-18-12-16(24)10-11-20(18)26(22(21)27)23(28)31-3/h5-12,17,19H,4,13H2,1-3H3/b21-14-/t17-,19-/m0/s1. The van der Waals surface area contributed by atoms with Gasteiger partial charge in [-0.3, -0.25) is 14.9 Å². The number of hydrogen-bond acceptors (Lipinski definition) is 5. The Morgan fingerprint density at radius 1 is 1.23 bits per heavy atom. The Bertz CT molecular complexity index is 1050. The predicted molar refractivity (Wildman–Crippen MR) is 119 cm³/mol. The quantitative estimate of drug-likeness (QED) is 0.343. The van der Waals surface area contributed by atoms with E-state index in [0.29, 0.717) is 33.8 Å².